The zero-order valence-electron chi connectivity index (χ0n) is 11.5. The van der Waals surface area contributed by atoms with Crippen molar-refractivity contribution >= 4 is 15.9 Å². The lowest BCUT2D eigenvalue weighted by Crippen LogP contribution is -2.03. The molecule has 1 heteroatoms. The smallest absolute Gasteiger partial charge is 0.0420 e. The van der Waals surface area contributed by atoms with Gasteiger partial charge in [0.05, 0.1) is 0 Å². The van der Waals surface area contributed by atoms with Gasteiger partial charge in [-0.3, -0.25) is 0 Å². The second-order valence-corrected chi connectivity index (χ2v) is 6.49. The van der Waals surface area contributed by atoms with Gasteiger partial charge in [-0.1, -0.05) is 74.3 Å². The summed E-state index contributed by atoms with van der Waals surface area (Å²) in [6.45, 7) is 9.11. The number of hydrogen-bond acceptors (Lipinski definition) is 0. The third-order valence-corrected chi connectivity index (χ3v) is 4.62. The third-order valence-electron chi connectivity index (χ3n) is 3.19. The van der Waals surface area contributed by atoms with Gasteiger partial charge in [-0.25, -0.2) is 0 Å². The molecule has 96 valence electrons. The summed E-state index contributed by atoms with van der Waals surface area (Å²) in [4.78, 5) is 0.496. The molecular weight excluding hydrogens is 272 g/mol. The largest absolute Gasteiger partial charge is 0.0836 e. The molecule has 0 aromatic heterocycles. The predicted octanol–water partition coefficient (Wildman–Crippen LogP) is 5.76. The first-order valence-corrected chi connectivity index (χ1v) is 7.69. The van der Waals surface area contributed by atoms with Gasteiger partial charge in [-0.05, 0) is 35.8 Å². The van der Waals surface area contributed by atoms with Crippen LogP contribution in [0.2, 0.25) is 0 Å². The van der Waals surface area contributed by atoms with Gasteiger partial charge in [0, 0.05) is 4.83 Å². The molecule has 0 aliphatic carbocycles. The van der Waals surface area contributed by atoms with Crippen molar-refractivity contribution < 1.29 is 0 Å². The molecule has 0 heterocycles. The molecule has 0 radical (unpaired) electrons. The van der Waals surface area contributed by atoms with Gasteiger partial charge in [0.25, 0.3) is 0 Å². The highest BCUT2D eigenvalue weighted by atomic mass is 79.9. The highest BCUT2D eigenvalue weighted by Gasteiger charge is 2.15. The highest BCUT2D eigenvalue weighted by molar-refractivity contribution is 9.09. The van der Waals surface area contributed by atoms with E-state index < -0.39 is 0 Å². The Morgan fingerprint density at radius 1 is 1.06 bits per heavy atom. The van der Waals surface area contributed by atoms with E-state index in [1.165, 1.54) is 30.4 Å². The molecule has 17 heavy (non-hydrogen) atoms. The number of halogens is 1. The summed E-state index contributed by atoms with van der Waals surface area (Å²) in [6, 6.07) is 9.12. The van der Waals surface area contributed by atoms with Gasteiger partial charge in [0.1, 0.15) is 0 Å². The Labute approximate surface area is 115 Å². The molecule has 1 rings (SSSR count). The van der Waals surface area contributed by atoms with Gasteiger partial charge in [-0.15, -0.1) is 0 Å². The van der Waals surface area contributed by atoms with Crippen molar-refractivity contribution in [3.8, 4) is 0 Å². The minimum Gasteiger partial charge on any atom is -0.0836 e. The Hall–Kier alpha value is -0.300. The Bertz CT molecular complexity index is 313. The van der Waals surface area contributed by atoms with E-state index in [0.29, 0.717) is 10.7 Å². The Morgan fingerprint density at radius 2 is 1.65 bits per heavy atom. The second kappa shape index (κ2) is 7.20. The van der Waals surface area contributed by atoms with Crippen LogP contribution in [0.15, 0.2) is 24.3 Å². The molecule has 0 aliphatic rings. The predicted molar refractivity (Wildman–Crippen MR) is 80.7 cm³/mol. The standard InChI is InChI=1S/C16H25Br/c1-5-6-13(4)16(17)15-9-7-14(8-10-15)11-12(2)3/h7-10,12-13,16H,5-6,11H2,1-4H3. The maximum Gasteiger partial charge on any atom is 0.0420 e. The summed E-state index contributed by atoms with van der Waals surface area (Å²) in [7, 11) is 0. The van der Waals surface area contributed by atoms with Gasteiger partial charge >= 0.3 is 0 Å². The molecule has 2 unspecified atom stereocenters. The summed E-state index contributed by atoms with van der Waals surface area (Å²) < 4.78 is 0. The molecule has 0 fully saturated rings. The SMILES string of the molecule is CCCC(C)C(Br)c1ccc(CC(C)C)cc1. The zero-order chi connectivity index (χ0) is 12.8. The molecule has 0 nitrogen and oxygen atoms in total. The van der Waals surface area contributed by atoms with E-state index in [0.717, 1.165) is 5.92 Å². The minimum absolute atomic E-state index is 0.496. The molecule has 0 aliphatic heterocycles. The van der Waals surface area contributed by atoms with E-state index in [4.69, 9.17) is 0 Å². The normalized spacial score (nSPS) is 14.9. The molecule has 0 spiro atoms. The molecule has 1 aromatic carbocycles. The molecule has 0 amide bonds. The minimum atomic E-state index is 0.496. The third kappa shape index (κ3) is 4.83. The molecule has 0 N–H and O–H groups in total. The van der Waals surface area contributed by atoms with Gasteiger partial charge in [0.2, 0.25) is 0 Å². The van der Waals surface area contributed by atoms with Crippen molar-refractivity contribution in [2.45, 2.75) is 51.8 Å². The number of rotatable bonds is 6. The molecular formula is C16H25Br. The molecule has 0 saturated carbocycles. The van der Waals surface area contributed by atoms with Crippen LogP contribution >= 0.6 is 15.9 Å². The van der Waals surface area contributed by atoms with Crippen molar-refractivity contribution in [3.63, 3.8) is 0 Å². The van der Waals surface area contributed by atoms with Crippen LogP contribution in [0.3, 0.4) is 0 Å². The Balaban J connectivity index is 2.66. The quantitative estimate of drug-likeness (QED) is 0.586. The fraction of sp³-hybridized carbons (Fsp3) is 0.625. The van der Waals surface area contributed by atoms with Crippen molar-refractivity contribution in [1.82, 2.24) is 0 Å². The molecule has 1 aromatic rings. The maximum atomic E-state index is 3.83. The number of hydrogen-bond donors (Lipinski definition) is 0. The Morgan fingerprint density at radius 3 is 2.12 bits per heavy atom. The second-order valence-electron chi connectivity index (χ2n) is 5.51. The van der Waals surface area contributed by atoms with Crippen LogP contribution in [-0.2, 0) is 6.42 Å². The van der Waals surface area contributed by atoms with E-state index in [1.54, 1.807) is 0 Å². The van der Waals surface area contributed by atoms with Crippen LogP contribution in [0.4, 0.5) is 0 Å². The number of benzene rings is 1. The summed E-state index contributed by atoms with van der Waals surface area (Å²) >= 11 is 3.83. The van der Waals surface area contributed by atoms with E-state index in [-0.39, 0.29) is 0 Å². The lowest BCUT2D eigenvalue weighted by atomic mass is 9.95. The summed E-state index contributed by atoms with van der Waals surface area (Å²) in [5.74, 6) is 1.44. The average molecular weight is 297 g/mol. The first kappa shape index (κ1) is 14.8. The van der Waals surface area contributed by atoms with Crippen LogP contribution in [0.1, 0.15) is 56.5 Å². The monoisotopic (exact) mass is 296 g/mol. The van der Waals surface area contributed by atoms with E-state index in [9.17, 15) is 0 Å². The summed E-state index contributed by atoms with van der Waals surface area (Å²) in [5, 5.41) is 0. The first-order chi connectivity index (χ1) is 8.04. The van der Waals surface area contributed by atoms with Crippen LogP contribution in [-0.4, -0.2) is 0 Å². The first-order valence-electron chi connectivity index (χ1n) is 6.77. The molecule has 2 atom stereocenters. The lowest BCUT2D eigenvalue weighted by molar-refractivity contribution is 0.518. The van der Waals surface area contributed by atoms with Gasteiger partial charge in [-0.2, -0.15) is 0 Å². The van der Waals surface area contributed by atoms with Crippen LogP contribution < -0.4 is 0 Å². The van der Waals surface area contributed by atoms with E-state index in [1.807, 2.05) is 0 Å². The number of alkyl halides is 1. The van der Waals surface area contributed by atoms with Crippen molar-refractivity contribution in [2.24, 2.45) is 11.8 Å². The fourth-order valence-electron chi connectivity index (χ4n) is 2.24. The van der Waals surface area contributed by atoms with Gasteiger partial charge in [0.15, 0.2) is 0 Å². The average Bonchev–Trinajstić information content (AvgIpc) is 2.28. The summed E-state index contributed by atoms with van der Waals surface area (Å²) in [6.07, 6.45) is 3.72. The Kier molecular flexibility index (Phi) is 6.26. The van der Waals surface area contributed by atoms with Crippen molar-refractivity contribution in [2.75, 3.05) is 0 Å². The molecule has 0 saturated heterocycles. The van der Waals surface area contributed by atoms with Crippen LogP contribution in [0, 0.1) is 11.8 Å². The van der Waals surface area contributed by atoms with Crippen LogP contribution in [0.25, 0.3) is 0 Å². The summed E-state index contributed by atoms with van der Waals surface area (Å²) in [5.41, 5.74) is 2.87. The zero-order valence-corrected chi connectivity index (χ0v) is 13.1. The molecule has 0 bridgehead atoms. The topological polar surface area (TPSA) is 0 Å². The lowest BCUT2D eigenvalue weighted by Gasteiger charge is -2.18. The highest BCUT2D eigenvalue weighted by Crippen LogP contribution is 2.33. The fourth-order valence-corrected chi connectivity index (χ4v) is 2.81. The van der Waals surface area contributed by atoms with E-state index >= 15 is 0 Å². The van der Waals surface area contributed by atoms with E-state index in [2.05, 4.69) is 67.9 Å². The maximum absolute atomic E-state index is 3.83. The van der Waals surface area contributed by atoms with Gasteiger partial charge < -0.3 is 0 Å². The van der Waals surface area contributed by atoms with Crippen LogP contribution in [0.5, 0.6) is 0 Å². The van der Waals surface area contributed by atoms with Crippen molar-refractivity contribution in [1.29, 1.82) is 0 Å². The van der Waals surface area contributed by atoms with Crippen molar-refractivity contribution in [3.05, 3.63) is 35.4 Å².